The van der Waals surface area contributed by atoms with Gasteiger partial charge in [0, 0.05) is 10.9 Å². The monoisotopic (exact) mass is 337 g/mol. The van der Waals surface area contributed by atoms with E-state index in [0.29, 0.717) is 33.2 Å². The number of Topliss-reactive ketones (excluding diaryl/α,β-unsaturated/α-hetero) is 1. The summed E-state index contributed by atoms with van der Waals surface area (Å²) in [7, 11) is 0. The molecule has 2 aromatic carbocycles. The number of fused-ring (bicyclic) bond motifs is 2. The Morgan fingerprint density at radius 2 is 1.88 bits per heavy atom. The molecule has 0 spiro atoms. The number of furan rings is 1. The highest BCUT2D eigenvalue weighted by molar-refractivity contribution is 6.36. The van der Waals surface area contributed by atoms with Crippen LogP contribution < -0.4 is 4.74 Å². The topological polar surface area (TPSA) is 52.3 Å². The van der Waals surface area contributed by atoms with Crippen molar-refractivity contribution in [2.75, 3.05) is 0 Å². The van der Waals surface area contributed by atoms with Crippen LogP contribution in [0.5, 0.6) is 11.5 Å². The van der Waals surface area contributed by atoms with E-state index in [1.54, 1.807) is 24.3 Å². The summed E-state index contributed by atoms with van der Waals surface area (Å²) in [6.07, 6.45) is 1.45. The number of hydrogen-bond acceptors (Lipinski definition) is 4. The molecule has 4 nitrogen and oxygen atoms in total. The number of carbonyl (C=O) groups excluding carboxylic acids is 1. The van der Waals surface area contributed by atoms with Gasteiger partial charge in [0.15, 0.2) is 11.5 Å². The Morgan fingerprint density at radius 3 is 2.62 bits per heavy atom. The molecule has 4 rings (SSSR count). The summed E-state index contributed by atoms with van der Waals surface area (Å²) < 4.78 is 11.5. The van der Waals surface area contributed by atoms with Gasteiger partial charge in [0.25, 0.3) is 0 Å². The van der Waals surface area contributed by atoms with Gasteiger partial charge in [-0.2, -0.15) is 0 Å². The van der Waals surface area contributed by atoms with Crippen molar-refractivity contribution in [3.8, 4) is 11.5 Å². The number of rotatable bonds is 3. The Morgan fingerprint density at radius 1 is 1.12 bits per heavy atom. The predicted octanol–water partition coefficient (Wildman–Crippen LogP) is 5.63. The van der Waals surface area contributed by atoms with Gasteiger partial charge in [-0.1, -0.05) is 23.7 Å². The summed E-state index contributed by atoms with van der Waals surface area (Å²) in [6.45, 7) is 1.53. The quantitative estimate of drug-likeness (QED) is 0.455. The highest BCUT2D eigenvalue weighted by Gasteiger charge is 2.17. The van der Waals surface area contributed by atoms with Crippen LogP contribution >= 0.6 is 11.6 Å². The van der Waals surface area contributed by atoms with Gasteiger partial charge in [0.2, 0.25) is 5.71 Å². The number of nitrogens with zero attached hydrogens (tertiary/aromatic N) is 1. The van der Waals surface area contributed by atoms with E-state index in [0.717, 1.165) is 10.9 Å². The smallest absolute Gasteiger partial charge is 0.231 e. The molecule has 5 heteroatoms. The van der Waals surface area contributed by atoms with Crippen LogP contribution in [-0.4, -0.2) is 10.8 Å². The molecule has 0 unspecified atom stereocenters. The summed E-state index contributed by atoms with van der Waals surface area (Å²) in [5.74, 6) is 1.20. The zero-order chi connectivity index (χ0) is 16.7. The molecule has 24 heavy (non-hydrogen) atoms. The fourth-order valence-corrected chi connectivity index (χ4v) is 2.82. The summed E-state index contributed by atoms with van der Waals surface area (Å²) in [4.78, 5) is 15.9. The molecule has 0 atom stereocenters. The minimum atomic E-state index is 0.0104. The fourth-order valence-electron chi connectivity index (χ4n) is 2.60. The van der Waals surface area contributed by atoms with Crippen molar-refractivity contribution in [3.63, 3.8) is 0 Å². The van der Waals surface area contributed by atoms with Gasteiger partial charge in [0.05, 0.1) is 10.5 Å². The van der Waals surface area contributed by atoms with Gasteiger partial charge in [-0.05, 0) is 43.3 Å². The first-order valence-electron chi connectivity index (χ1n) is 7.38. The zero-order valence-electron chi connectivity index (χ0n) is 12.7. The molecule has 2 aromatic heterocycles. The lowest BCUT2D eigenvalue weighted by Gasteiger charge is -2.10. The Balaban J connectivity index is 1.90. The van der Waals surface area contributed by atoms with Crippen LogP contribution in [0.4, 0.5) is 0 Å². The van der Waals surface area contributed by atoms with Crippen molar-refractivity contribution >= 4 is 39.4 Å². The third-order valence-corrected chi connectivity index (χ3v) is 4.08. The number of para-hydroxylation sites is 1. The van der Waals surface area contributed by atoms with Gasteiger partial charge in [-0.3, -0.25) is 4.79 Å². The zero-order valence-corrected chi connectivity index (χ0v) is 13.5. The summed E-state index contributed by atoms with van der Waals surface area (Å²) in [5.41, 5.74) is 1.81. The van der Waals surface area contributed by atoms with Crippen LogP contribution in [0.2, 0.25) is 5.02 Å². The minimum absolute atomic E-state index is 0.0104. The van der Waals surface area contributed by atoms with E-state index in [2.05, 4.69) is 4.98 Å². The molecule has 0 aliphatic heterocycles. The van der Waals surface area contributed by atoms with Crippen LogP contribution in [0.25, 0.3) is 22.0 Å². The SMILES string of the molecule is CC(=O)c1ccc(Oc2c3ccccc3nc3occ(Cl)c23)cc1. The Kier molecular flexibility index (Phi) is 3.47. The van der Waals surface area contributed by atoms with Gasteiger partial charge in [-0.15, -0.1) is 0 Å². The maximum Gasteiger partial charge on any atom is 0.231 e. The second-order valence-electron chi connectivity index (χ2n) is 5.40. The number of halogens is 1. The average Bonchev–Trinajstić information content (AvgIpc) is 2.96. The molecule has 0 N–H and O–H groups in total. The fraction of sp³-hybridized carbons (Fsp3) is 0.0526. The van der Waals surface area contributed by atoms with Gasteiger partial charge in [-0.25, -0.2) is 4.98 Å². The maximum absolute atomic E-state index is 11.4. The van der Waals surface area contributed by atoms with Crippen molar-refractivity contribution in [2.45, 2.75) is 6.92 Å². The standard InChI is InChI=1S/C19H12ClNO3/c1-11(22)12-6-8-13(9-7-12)24-18-14-4-2-3-5-16(14)21-19-17(18)15(20)10-23-19/h2-10H,1H3. The third-order valence-electron chi connectivity index (χ3n) is 3.81. The summed E-state index contributed by atoms with van der Waals surface area (Å²) >= 11 is 6.25. The number of aromatic nitrogens is 1. The van der Waals surface area contributed by atoms with Crippen molar-refractivity contribution in [2.24, 2.45) is 0 Å². The van der Waals surface area contributed by atoms with Crippen LogP contribution in [0.3, 0.4) is 0 Å². The number of ether oxygens (including phenoxy) is 1. The third kappa shape index (κ3) is 2.41. The Bertz CT molecular complexity index is 1070. The van der Waals surface area contributed by atoms with Crippen molar-refractivity contribution in [3.05, 3.63) is 65.4 Å². The lowest BCUT2D eigenvalue weighted by atomic mass is 10.1. The van der Waals surface area contributed by atoms with E-state index in [9.17, 15) is 4.79 Å². The Hall–Kier alpha value is -2.85. The number of ketones is 1. The largest absolute Gasteiger partial charge is 0.456 e. The van der Waals surface area contributed by atoms with Crippen molar-refractivity contribution < 1.29 is 13.9 Å². The highest BCUT2D eigenvalue weighted by atomic mass is 35.5. The summed E-state index contributed by atoms with van der Waals surface area (Å²) in [6, 6.07) is 14.6. The lowest BCUT2D eigenvalue weighted by molar-refractivity contribution is 0.101. The normalized spacial score (nSPS) is 11.1. The number of benzene rings is 2. The van der Waals surface area contributed by atoms with Gasteiger partial charge in [0.1, 0.15) is 17.4 Å². The lowest BCUT2D eigenvalue weighted by Crippen LogP contribution is -1.93. The first kappa shape index (κ1) is 14.7. The number of pyridine rings is 1. The molecular weight excluding hydrogens is 326 g/mol. The van der Waals surface area contributed by atoms with Crippen molar-refractivity contribution in [1.82, 2.24) is 4.98 Å². The molecule has 0 radical (unpaired) electrons. The van der Waals surface area contributed by atoms with E-state index in [4.69, 9.17) is 20.8 Å². The van der Waals surface area contributed by atoms with E-state index in [1.165, 1.54) is 13.2 Å². The molecule has 0 aliphatic rings. The first-order chi connectivity index (χ1) is 11.6. The second kappa shape index (κ2) is 5.65. The molecule has 0 bridgehead atoms. The molecule has 0 saturated heterocycles. The van der Waals surface area contributed by atoms with E-state index >= 15 is 0 Å². The molecular formula is C19H12ClNO3. The molecule has 0 aliphatic carbocycles. The number of hydrogen-bond donors (Lipinski definition) is 0. The van der Waals surface area contributed by atoms with Crippen LogP contribution in [0, 0.1) is 0 Å². The minimum Gasteiger partial charge on any atom is -0.456 e. The van der Waals surface area contributed by atoms with E-state index in [-0.39, 0.29) is 5.78 Å². The van der Waals surface area contributed by atoms with Gasteiger partial charge < -0.3 is 9.15 Å². The molecule has 0 amide bonds. The Labute approximate surface area is 142 Å². The molecule has 0 fully saturated rings. The summed E-state index contributed by atoms with van der Waals surface area (Å²) in [5, 5.41) is 1.91. The van der Waals surface area contributed by atoms with Crippen LogP contribution in [0.1, 0.15) is 17.3 Å². The second-order valence-corrected chi connectivity index (χ2v) is 5.81. The predicted molar refractivity (Wildman–Crippen MR) is 93.0 cm³/mol. The van der Waals surface area contributed by atoms with Crippen LogP contribution in [-0.2, 0) is 0 Å². The van der Waals surface area contributed by atoms with Crippen LogP contribution in [0.15, 0.2) is 59.2 Å². The van der Waals surface area contributed by atoms with Crippen molar-refractivity contribution in [1.29, 1.82) is 0 Å². The number of carbonyl (C=O) groups is 1. The molecule has 0 saturated carbocycles. The van der Waals surface area contributed by atoms with E-state index in [1.807, 2.05) is 24.3 Å². The molecule has 2 heterocycles. The maximum atomic E-state index is 11.4. The first-order valence-corrected chi connectivity index (χ1v) is 7.75. The van der Waals surface area contributed by atoms with Gasteiger partial charge >= 0.3 is 0 Å². The van der Waals surface area contributed by atoms with E-state index < -0.39 is 0 Å². The highest BCUT2D eigenvalue weighted by Crippen LogP contribution is 2.40. The average molecular weight is 338 g/mol. The molecule has 4 aromatic rings. The molecule has 118 valence electrons.